The largest absolute Gasteiger partial charge is 0.481 e. The molecule has 1 unspecified atom stereocenters. The number of carbonyl (C=O) groups is 3. The molecule has 0 spiro atoms. The lowest BCUT2D eigenvalue weighted by atomic mass is 9.82. The Morgan fingerprint density at radius 1 is 1.40 bits per heavy atom. The molecule has 0 aromatic heterocycles. The van der Waals surface area contributed by atoms with Gasteiger partial charge in [-0.1, -0.05) is 0 Å². The molecule has 0 radical (unpaired) electrons. The van der Waals surface area contributed by atoms with Crippen LogP contribution in [0.1, 0.15) is 26.2 Å². The molecule has 0 aliphatic carbocycles. The summed E-state index contributed by atoms with van der Waals surface area (Å²) in [5.74, 6) is -0.998. The minimum atomic E-state index is -0.879. The van der Waals surface area contributed by atoms with E-state index in [4.69, 9.17) is 0 Å². The highest BCUT2D eigenvalue weighted by atomic mass is 16.4. The fourth-order valence-electron chi connectivity index (χ4n) is 2.31. The van der Waals surface area contributed by atoms with Gasteiger partial charge >= 0.3 is 12.0 Å². The van der Waals surface area contributed by atoms with E-state index in [0.29, 0.717) is 25.9 Å². The van der Waals surface area contributed by atoms with Crippen molar-refractivity contribution in [2.45, 2.75) is 26.2 Å². The van der Waals surface area contributed by atoms with Gasteiger partial charge in [-0.15, -0.1) is 0 Å². The van der Waals surface area contributed by atoms with Crippen molar-refractivity contribution in [3.63, 3.8) is 0 Å². The molecule has 1 aliphatic rings. The first-order chi connectivity index (χ1) is 9.30. The quantitative estimate of drug-likeness (QED) is 0.780. The maximum absolute atomic E-state index is 12.2. The van der Waals surface area contributed by atoms with Gasteiger partial charge in [0.15, 0.2) is 0 Å². The first-order valence-electron chi connectivity index (χ1n) is 6.74. The Bertz CT molecular complexity index is 399. The Kier molecular flexibility index (Phi) is 5.35. The Morgan fingerprint density at radius 3 is 2.60 bits per heavy atom. The Labute approximate surface area is 118 Å². The highest BCUT2D eigenvalue weighted by molar-refractivity contribution is 5.79. The van der Waals surface area contributed by atoms with Gasteiger partial charge in [0.05, 0.1) is 5.41 Å². The molecule has 2 N–H and O–H groups in total. The second kappa shape index (κ2) is 6.58. The number of urea groups is 1. The van der Waals surface area contributed by atoms with Gasteiger partial charge in [0.25, 0.3) is 0 Å². The molecule has 1 fully saturated rings. The van der Waals surface area contributed by atoms with Crippen LogP contribution < -0.4 is 5.32 Å². The third-order valence-electron chi connectivity index (χ3n) is 3.76. The van der Waals surface area contributed by atoms with Crippen LogP contribution in [-0.2, 0) is 9.59 Å². The number of nitrogens with zero attached hydrogens (tertiary/aromatic N) is 2. The summed E-state index contributed by atoms with van der Waals surface area (Å²) in [6, 6.07) is -0.221. The molecule has 7 nitrogen and oxygen atoms in total. The lowest BCUT2D eigenvalue weighted by Crippen LogP contribution is -2.52. The predicted octanol–water partition coefficient (Wildman–Crippen LogP) is 0.361. The highest BCUT2D eigenvalue weighted by Gasteiger charge is 2.39. The van der Waals surface area contributed by atoms with E-state index in [1.807, 2.05) is 0 Å². The van der Waals surface area contributed by atoms with Gasteiger partial charge in [-0.05, 0) is 19.8 Å². The van der Waals surface area contributed by atoms with Crippen LogP contribution in [0.5, 0.6) is 0 Å². The van der Waals surface area contributed by atoms with Gasteiger partial charge in [0.2, 0.25) is 5.91 Å². The predicted molar refractivity (Wildman–Crippen MR) is 73.3 cm³/mol. The maximum Gasteiger partial charge on any atom is 0.319 e. The number of carbonyl (C=O) groups excluding carboxylic acids is 2. The molecule has 0 bridgehead atoms. The summed E-state index contributed by atoms with van der Waals surface area (Å²) < 4.78 is 0. The van der Waals surface area contributed by atoms with Crippen molar-refractivity contribution in [3.05, 3.63) is 0 Å². The summed E-state index contributed by atoms with van der Waals surface area (Å²) in [7, 11) is 3.17. The van der Waals surface area contributed by atoms with E-state index in [9.17, 15) is 19.5 Å². The van der Waals surface area contributed by atoms with Crippen molar-refractivity contribution in [1.82, 2.24) is 15.1 Å². The number of aliphatic carboxylic acids is 1. The smallest absolute Gasteiger partial charge is 0.319 e. The minimum Gasteiger partial charge on any atom is -0.481 e. The van der Waals surface area contributed by atoms with Crippen molar-refractivity contribution >= 4 is 17.9 Å². The molecule has 114 valence electrons. The summed E-state index contributed by atoms with van der Waals surface area (Å²) in [4.78, 5) is 37.7. The number of carboxylic acids is 1. The van der Waals surface area contributed by atoms with E-state index in [0.717, 1.165) is 0 Å². The topological polar surface area (TPSA) is 90.0 Å². The van der Waals surface area contributed by atoms with E-state index in [-0.39, 0.29) is 24.9 Å². The van der Waals surface area contributed by atoms with Gasteiger partial charge in [-0.3, -0.25) is 9.59 Å². The van der Waals surface area contributed by atoms with E-state index in [1.165, 1.54) is 4.90 Å². The number of amides is 3. The summed E-state index contributed by atoms with van der Waals surface area (Å²) in [5.41, 5.74) is -0.879. The molecule has 1 rings (SSSR count). The summed E-state index contributed by atoms with van der Waals surface area (Å²) in [6.07, 6.45) is 1.49. The SMILES string of the molecule is CNC(=O)CCN(C)C(=O)N1CCCC(C)(C(=O)O)C1. The monoisotopic (exact) mass is 285 g/mol. The zero-order valence-electron chi connectivity index (χ0n) is 12.3. The minimum absolute atomic E-state index is 0.126. The summed E-state index contributed by atoms with van der Waals surface area (Å²) >= 11 is 0. The van der Waals surface area contributed by atoms with E-state index >= 15 is 0 Å². The van der Waals surface area contributed by atoms with E-state index < -0.39 is 11.4 Å². The normalized spacial score (nSPS) is 22.2. The molecule has 0 aromatic rings. The van der Waals surface area contributed by atoms with Gasteiger partial charge in [-0.2, -0.15) is 0 Å². The molecule has 3 amide bonds. The van der Waals surface area contributed by atoms with Crippen LogP contribution >= 0.6 is 0 Å². The molecule has 0 aromatic carbocycles. The zero-order valence-corrected chi connectivity index (χ0v) is 12.3. The van der Waals surface area contributed by atoms with Gasteiger partial charge in [0, 0.05) is 40.2 Å². The molecule has 0 saturated carbocycles. The van der Waals surface area contributed by atoms with Crippen molar-refractivity contribution < 1.29 is 19.5 Å². The summed E-state index contributed by atoms with van der Waals surface area (Å²) in [6.45, 7) is 2.76. The third kappa shape index (κ3) is 3.85. The number of carboxylic acid groups (broad SMARTS) is 1. The fourth-order valence-corrected chi connectivity index (χ4v) is 2.31. The van der Waals surface area contributed by atoms with Crippen molar-refractivity contribution in [2.75, 3.05) is 33.7 Å². The van der Waals surface area contributed by atoms with Crippen molar-refractivity contribution in [1.29, 1.82) is 0 Å². The van der Waals surface area contributed by atoms with Crippen LogP contribution in [0.4, 0.5) is 4.79 Å². The van der Waals surface area contributed by atoms with E-state index in [1.54, 1.807) is 25.9 Å². The molecular weight excluding hydrogens is 262 g/mol. The second-order valence-corrected chi connectivity index (χ2v) is 5.52. The average molecular weight is 285 g/mol. The Hall–Kier alpha value is -1.79. The fraction of sp³-hybridized carbons (Fsp3) is 0.769. The molecule has 20 heavy (non-hydrogen) atoms. The Morgan fingerprint density at radius 2 is 2.05 bits per heavy atom. The third-order valence-corrected chi connectivity index (χ3v) is 3.76. The molecule has 7 heteroatoms. The molecule has 1 aliphatic heterocycles. The number of piperidine rings is 1. The number of hydrogen-bond donors (Lipinski definition) is 2. The molecule has 1 heterocycles. The van der Waals surface area contributed by atoms with Crippen LogP contribution in [0.25, 0.3) is 0 Å². The zero-order chi connectivity index (χ0) is 15.3. The number of nitrogens with one attached hydrogen (secondary N) is 1. The second-order valence-electron chi connectivity index (χ2n) is 5.52. The number of rotatable bonds is 4. The van der Waals surface area contributed by atoms with E-state index in [2.05, 4.69) is 5.32 Å². The number of hydrogen-bond acceptors (Lipinski definition) is 3. The first-order valence-corrected chi connectivity index (χ1v) is 6.74. The molecule has 1 saturated heterocycles. The van der Waals surface area contributed by atoms with Gasteiger partial charge in [-0.25, -0.2) is 4.79 Å². The van der Waals surface area contributed by atoms with Crippen LogP contribution in [0.3, 0.4) is 0 Å². The maximum atomic E-state index is 12.2. The van der Waals surface area contributed by atoms with Gasteiger partial charge in [0.1, 0.15) is 0 Å². The molecule has 1 atom stereocenters. The summed E-state index contributed by atoms with van der Waals surface area (Å²) in [5, 5.41) is 11.7. The highest BCUT2D eigenvalue weighted by Crippen LogP contribution is 2.30. The first kappa shape index (κ1) is 16.3. The van der Waals surface area contributed by atoms with Crippen LogP contribution in [0.15, 0.2) is 0 Å². The van der Waals surface area contributed by atoms with Crippen LogP contribution in [-0.4, -0.2) is 66.5 Å². The van der Waals surface area contributed by atoms with Gasteiger partial charge < -0.3 is 20.2 Å². The Balaban J connectivity index is 2.58. The lowest BCUT2D eigenvalue weighted by Gasteiger charge is -2.39. The molecular formula is C13H23N3O4. The van der Waals surface area contributed by atoms with Crippen molar-refractivity contribution in [2.24, 2.45) is 5.41 Å². The van der Waals surface area contributed by atoms with Crippen LogP contribution in [0, 0.1) is 5.41 Å². The lowest BCUT2D eigenvalue weighted by molar-refractivity contribution is -0.150. The van der Waals surface area contributed by atoms with Crippen LogP contribution in [0.2, 0.25) is 0 Å². The average Bonchev–Trinajstić information content (AvgIpc) is 2.43. The standard InChI is InChI=1S/C13H23N3O4/c1-13(11(18)19)6-4-7-16(9-13)12(20)15(3)8-5-10(17)14-2/h4-9H2,1-3H3,(H,14,17)(H,18,19). The number of likely N-dealkylation sites (tertiary alicyclic amines) is 1. The van der Waals surface area contributed by atoms with Crippen molar-refractivity contribution in [3.8, 4) is 0 Å².